The number of hydrogen-bond acceptors (Lipinski definition) is 7. The van der Waals surface area contributed by atoms with Crippen molar-refractivity contribution in [3.63, 3.8) is 0 Å². The number of carbonyl (C=O) groups is 1. The first-order valence-corrected chi connectivity index (χ1v) is 21.1. The fourth-order valence-corrected chi connectivity index (χ4v) is 10.6. The van der Waals surface area contributed by atoms with Gasteiger partial charge in [-0.3, -0.25) is 0 Å². The van der Waals surface area contributed by atoms with E-state index < -0.39 is 6.10 Å². The normalized spacial score (nSPS) is 30.1. The van der Waals surface area contributed by atoms with Crippen LogP contribution in [0, 0.1) is 17.3 Å². The van der Waals surface area contributed by atoms with E-state index in [2.05, 4.69) is 31.2 Å². The number of carbonyl (C=O) groups excluding carboxylic acids is 1. The molecule has 1 N–H and O–H groups in total. The van der Waals surface area contributed by atoms with Crippen LogP contribution >= 0.6 is 0 Å². The molecule has 2 saturated carbocycles. The van der Waals surface area contributed by atoms with Gasteiger partial charge in [0.05, 0.1) is 0 Å². The number of aliphatic hydroxyl groups is 1. The summed E-state index contributed by atoms with van der Waals surface area (Å²) in [5.74, 6) is 0.134. The van der Waals surface area contributed by atoms with Gasteiger partial charge in [0.2, 0.25) is 0 Å². The van der Waals surface area contributed by atoms with Gasteiger partial charge in [0, 0.05) is 13.2 Å². The summed E-state index contributed by atoms with van der Waals surface area (Å²) in [6, 6.07) is 10.3. The van der Waals surface area contributed by atoms with E-state index in [1.807, 2.05) is 18.2 Å². The van der Waals surface area contributed by atoms with Crippen LogP contribution in [-0.4, -0.2) is 77.2 Å². The molecule has 3 unspecified atom stereocenters. The zero-order chi connectivity index (χ0) is 33.6. The number of unbranched alkanes of at least 4 members (excludes halogenated alkanes) is 3. The first-order valence-electron chi connectivity index (χ1n) is 19.2. The van der Waals surface area contributed by atoms with Crippen LogP contribution in [0.15, 0.2) is 42.5 Å². The van der Waals surface area contributed by atoms with E-state index in [-0.39, 0.29) is 67.8 Å². The second kappa shape index (κ2) is 20.0. The number of rotatable bonds is 19. The van der Waals surface area contributed by atoms with E-state index >= 15 is 0 Å². The molecule has 1 aromatic carbocycles. The molecule has 8 atom stereocenters. The SMILES string of the molecule is CCCCC1([C@@H](/C=C/[C@@H]2[C@@H](CCCCCC([Se]c3ccccc3)C(=O)OC)[C@@H](O)C[C@H]2OC2CCCCO2)OC2CCCCO2)CCC1. The van der Waals surface area contributed by atoms with Gasteiger partial charge in [-0.2, -0.15) is 0 Å². The van der Waals surface area contributed by atoms with E-state index in [4.69, 9.17) is 23.7 Å². The molecule has 1 aromatic rings. The van der Waals surface area contributed by atoms with Crippen molar-refractivity contribution >= 4 is 25.4 Å². The molecule has 8 heteroatoms. The number of hydrogen-bond donors (Lipinski definition) is 1. The molecular formula is C40H62O7Se. The van der Waals surface area contributed by atoms with Crippen molar-refractivity contribution in [3.8, 4) is 0 Å². The van der Waals surface area contributed by atoms with E-state index in [9.17, 15) is 9.90 Å². The number of benzene rings is 1. The van der Waals surface area contributed by atoms with E-state index in [0.717, 1.165) is 83.8 Å². The Balaban J connectivity index is 1.24. The van der Waals surface area contributed by atoms with Crippen LogP contribution < -0.4 is 4.46 Å². The molecule has 2 saturated heterocycles. The van der Waals surface area contributed by atoms with Gasteiger partial charge in [0.25, 0.3) is 0 Å². The summed E-state index contributed by atoms with van der Waals surface area (Å²) in [6.45, 7) is 3.81. The summed E-state index contributed by atoms with van der Waals surface area (Å²) in [4.78, 5) is 12.5. The Morgan fingerprint density at radius 3 is 2.40 bits per heavy atom. The second-order valence-electron chi connectivity index (χ2n) is 14.7. The average Bonchev–Trinajstić information content (AvgIpc) is 3.39. The molecule has 270 valence electrons. The third-order valence-electron chi connectivity index (χ3n) is 11.3. The Bertz CT molecular complexity index is 1080. The Labute approximate surface area is 296 Å². The van der Waals surface area contributed by atoms with Gasteiger partial charge in [-0.15, -0.1) is 0 Å². The summed E-state index contributed by atoms with van der Waals surface area (Å²) in [5.41, 5.74) is 0.181. The Hall–Kier alpha value is -1.25. The van der Waals surface area contributed by atoms with Crippen molar-refractivity contribution in [2.24, 2.45) is 17.3 Å². The van der Waals surface area contributed by atoms with Gasteiger partial charge < -0.3 is 4.74 Å². The van der Waals surface area contributed by atoms with Gasteiger partial charge >= 0.3 is 195 Å². The molecule has 5 rings (SSSR count). The minimum atomic E-state index is -0.406. The molecule has 0 aromatic heterocycles. The number of methoxy groups -OCH3 is 1. The summed E-state index contributed by atoms with van der Waals surface area (Å²) >= 11 is 0.0495. The zero-order valence-electron chi connectivity index (χ0n) is 29.6. The minimum Gasteiger partial charge on any atom is -0.353 e. The number of ether oxygens (including phenoxy) is 5. The van der Waals surface area contributed by atoms with Gasteiger partial charge in [-0.05, 0) is 51.4 Å². The van der Waals surface area contributed by atoms with Crippen molar-refractivity contribution < 1.29 is 33.6 Å². The van der Waals surface area contributed by atoms with Crippen molar-refractivity contribution in [2.45, 2.75) is 158 Å². The predicted octanol–water partition coefficient (Wildman–Crippen LogP) is 7.67. The summed E-state index contributed by atoms with van der Waals surface area (Å²) in [6.07, 6.45) is 23.0. The molecule has 0 spiro atoms. The van der Waals surface area contributed by atoms with Gasteiger partial charge in [0.15, 0.2) is 6.29 Å². The molecule has 2 aliphatic heterocycles. The van der Waals surface area contributed by atoms with Gasteiger partial charge in [-0.1, -0.05) is 26.2 Å². The first kappa shape index (κ1) is 38.0. The monoisotopic (exact) mass is 734 g/mol. The van der Waals surface area contributed by atoms with E-state index in [1.165, 1.54) is 50.1 Å². The van der Waals surface area contributed by atoms with Crippen molar-refractivity contribution in [1.29, 1.82) is 0 Å². The van der Waals surface area contributed by atoms with Crippen LogP contribution in [0.1, 0.15) is 122 Å². The van der Waals surface area contributed by atoms with Crippen LogP contribution in [0.5, 0.6) is 0 Å². The zero-order valence-corrected chi connectivity index (χ0v) is 31.3. The Morgan fingerprint density at radius 2 is 1.75 bits per heavy atom. The predicted molar refractivity (Wildman–Crippen MR) is 190 cm³/mol. The van der Waals surface area contributed by atoms with E-state index in [1.54, 1.807) is 0 Å². The van der Waals surface area contributed by atoms with Crippen LogP contribution in [0.2, 0.25) is 4.82 Å². The summed E-state index contributed by atoms with van der Waals surface area (Å²) in [7, 11) is 1.50. The molecular weight excluding hydrogens is 671 g/mol. The third-order valence-corrected chi connectivity index (χ3v) is 13.9. The maximum atomic E-state index is 12.6. The molecule has 2 heterocycles. The fourth-order valence-electron chi connectivity index (χ4n) is 8.26. The molecule has 0 radical (unpaired) electrons. The topological polar surface area (TPSA) is 83.5 Å². The molecule has 0 amide bonds. The first-order chi connectivity index (χ1) is 23.5. The molecule has 7 nitrogen and oxygen atoms in total. The smallest absolute Gasteiger partial charge is 0.353 e. The maximum absolute atomic E-state index is 12.6. The van der Waals surface area contributed by atoms with Crippen LogP contribution in [-0.2, 0) is 28.5 Å². The van der Waals surface area contributed by atoms with Crippen LogP contribution in [0.4, 0.5) is 0 Å². The minimum absolute atomic E-state index is 0.0209. The number of aliphatic hydroxyl groups excluding tert-OH is 1. The van der Waals surface area contributed by atoms with Crippen LogP contribution in [0.25, 0.3) is 0 Å². The fraction of sp³-hybridized carbons (Fsp3) is 0.775. The van der Waals surface area contributed by atoms with Crippen molar-refractivity contribution in [3.05, 3.63) is 42.5 Å². The van der Waals surface area contributed by atoms with E-state index in [0.29, 0.717) is 6.42 Å². The van der Waals surface area contributed by atoms with Crippen LogP contribution in [0.3, 0.4) is 0 Å². The molecule has 4 fully saturated rings. The molecule has 0 bridgehead atoms. The van der Waals surface area contributed by atoms with Crippen molar-refractivity contribution in [1.82, 2.24) is 0 Å². The summed E-state index contributed by atoms with van der Waals surface area (Å²) < 4.78 is 32.0. The van der Waals surface area contributed by atoms with Crippen molar-refractivity contribution in [2.75, 3.05) is 20.3 Å². The summed E-state index contributed by atoms with van der Waals surface area (Å²) in [5, 5.41) is 11.5. The molecule has 2 aliphatic carbocycles. The Kier molecular flexibility index (Phi) is 15.8. The Morgan fingerprint density at radius 1 is 1.00 bits per heavy atom. The molecule has 48 heavy (non-hydrogen) atoms. The van der Waals surface area contributed by atoms with Gasteiger partial charge in [-0.25, -0.2) is 0 Å². The number of esters is 1. The molecule has 4 aliphatic rings. The van der Waals surface area contributed by atoms with Gasteiger partial charge in [0.1, 0.15) is 0 Å². The standard InChI is InChI=1S/C40H62O7Se/c1-3-4-24-40(25-15-26-40)36(47-38-21-12-14-28-45-38)23-22-32-31(33(41)29-34(32)46-37-20-11-13-27-44-37)18-9-6-10-19-35(39(42)43-2)48-30-16-7-5-8-17-30/h5,7-8,16-17,22-23,31-38,41H,3-4,6,9-15,18-21,24-29H2,1-2H3/b23-22+/t31-,32-,33+,34-,35?,36-,37?,38?/m1/s1. The third kappa shape index (κ3) is 10.9. The average molecular weight is 734 g/mol. The second-order valence-corrected chi connectivity index (χ2v) is 17.3. The quantitative estimate of drug-likeness (QED) is 0.0677.